The van der Waals surface area contributed by atoms with E-state index in [2.05, 4.69) is 6.92 Å². The molecule has 3 saturated carbocycles. The van der Waals surface area contributed by atoms with Crippen molar-refractivity contribution in [3.63, 3.8) is 0 Å². The molecule has 4 aliphatic carbocycles. The molecule has 0 aromatic rings. The Morgan fingerprint density at radius 1 is 1.10 bits per heavy atom. The van der Waals surface area contributed by atoms with Crippen LogP contribution in [-0.2, 0) is 33.4 Å². The molecule has 0 aromatic heterocycles. The van der Waals surface area contributed by atoms with Gasteiger partial charge in [-0.2, -0.15) is 0 Å². The first-order chi connectivity index (χ1) is 18.5. The van der Waals surface area contributed by atoms with E-state index in [0.29, 0.717) is 12.8 Å². The van der Waals surface area contributed by atoms with Gasteiger partial charge in [-0.3, -0.25) is 19.2 Å². The van der Waals surface area contributed by atoms with Gasteiger partial charge in [-0.25, -0.2) is 0 Å². The Morgan fingerprint density at radius 2 is 1.78 bits per heavy atom. The van der Waals surface area contributed by atoms with E-state index in [1.165, 1.54) is 0 Å². The average molecular weight is 581 g/mol. The summed E-state index contributed by atoms with van der Waals surface area (Å²) in [6.45, 7) is 9.16. The molecule has 41 heavy (non-hydrogen) atoms. The zero-order valence-electron chi connectivity index (χ0n) is 25.1. The zero-order chi connectivity index (χ0) is 29.7. The number of hydrogen-bond donors (Lipinski definition) is 1. The van der Waals surface area contributed by atoms with Crippen molar-refractivity contribution in [1.82, 2.24) is 0 Å². The normalized spacial score (nSPS) is 35.7. The Morgan fingerprint density at radius 3 is 2.41 bits per heavy atom. The molecule has 0 aromatic carbocycles. The summed E-state index contributed by atoms with van der Waals surface area (Å²) >= 11 is 0. The van der Waals surface area contributed by atoms with Crippen molar-refractivity contribution in [3.05, 3.63) is 23.8 Å². The van der Waals surface area contributed by atoms with Gasteiger partial charge in [0.1, 0.15) is 11.7 Å². The predicted molar refractivity (Wildman–Crippen MR) is 141 cm³/mol. The fourth-order valence-corrected chi connectivity index (χ4v) is 8.05. The van der Waals surface area contributed by atoms with Crippen molar-refractivity contribution in [3.8, 4) is 0 Å². The smallest absolute Gasteiger partial charge is 0.550 e. The van der Waals surface area contributed by atoms with E-state index in [4.69, 9.17) is 9.47 Å². The number of hydrogen-bond acceptors (Lipinski definition) is 9. The minimum absolute atomic E-state index is 0. The van der Waals surface area contributed by atoms with Crippen LogP contribution in [0.3, 0.4) is 0 Å². The van der Waals surface area contributed by atoms with Crippen LogP contribution in [0.5, 0.6) is 0 Å². The molecule has 10 heteroatoms. The molecule has 0 spiro atoms. The molecule has 220 valence electrons. The first kappa shape index (κ1) is 33.7. The molecule has 4 rings (SSSR count). The number of carbonyl (C=O) groups excluding carboxylic acids is 5. The van der Waals surface area contributed by atoms with Gasteiger partial charge in [0.15, 0.2) is 12.4 Å². The van der Waals surface area contributed by atoms with Gasteiger partial charge in [-0.05, 0) is 67.9 Å². The summed E-state index contributed by atoms with van der Waals surface area (Å²) in [5.74, 6) is -3.43. The second-order valence-corrected chi connectivity index (χ2v) is 13.8. The second kappa shape index (κ2) is 12.1. The quantitative estimate of drug-likeness (QED) is 0.300. The molecule has 1 N–H and O–H groups in total. The maximum atomic E-state index is 13.5. The molecule has 1 unspecified atom stereocenters. The summed E-state index contributed by atoms with van der Waals surface area (Å²) < 4.78 is 11.3. The molecule has 3 fully saturated rings. The fourth-order valence-electron chi connectivity index (χ4n) is 8.05. The Balaban J connectivity index is 0.00000462. The number of carboxylic acid groups (broad SMARTS) is 1. The van der Waals surface area contributed by atoms with Crippen LogP contribution >= 0.6 is 0 Å². The topological polar surface area (TPSA) is 147 Å². The van der Waals surface area contributed by atoms with Gasteiger partial charge in [0.05, 0.1) is 12.8 Å². The van der Waals surface area contributed by atoms with Gasteiger partial charge >= 0.3 is 41.5 Å². The summed E-state index contributed by atoms with van der Waals surface area (Å²) in [6.07, 6.45) is 6.34. The van der Waals surface area contributed by atoms with Crippen molar-refractivity contribution in [1.29, 1.82) is 0 Å². The third-order valence-corrected chi connectivity index (χ3v) is 9.94. The minimum atomic E-state index is -1.80. The molecule has 0 radical (unpaired) electrons. The Kier molecular flexibility index (Phi) is 9.91. The molecule has 0 aliphatic heterocycles. The monoisotopic (exact) mass is 580 g/mol. The molecule has 9 nitrogen and oxygen atoms in total. The number of aliphatic carboxylic acids is 1. The van der Waals surface area contributed by atoms with Crippen molar-refractivity contribution in [2.24, 2.45) is 34.0 Å². The van der Waals surface area contributed by atoms with Crippen molar-refractivity contribution >= 4 is 29.5 Å². The summed E-state index contributed by atoms with van der Waals surface area (Å²) in [7, 11) is 0. The molecule has 0 amide bonds. The number of fused-ring (bicyclic) bond motifs is 5. The Labute approximate surface area is 263 Å². The van der Waals surface area contributed by atoms with Crippen molar-refractivity contribution in [2.75, 3.05) is 6.61 Å². The van der Waals surface area contributed by atoms with Crippen molar-refractivity contribution < 1.29 is 73.2 Å². The van der Waals surface area contributed by atoms with Gasteiger partial charge < -0.3 is 24.5 Å². The molecule has 0 heterocycles. The van der Waals surface area contributed by atoms with Crippen LogP contribution in [-0.4, -0.2) is 52.9 Å². The number of carbonyl (C=O) groups is 5. The molecule has 7 atom stereocenters. The van der Waals surface area contributed by atoms with Crippen LogP contribution < -0.4 is 34.7 Å². The van der Waals surface area contributed by atoms with Crippen LogP contribution in [0, 0.1) is 34.0 Å². The number of allylic oxidation sites excluding steroid dienone is 4. The summed E-state index contributed by atoms with van der Waals surface area (Å²) in [4.78, 5) is 61.4. The van der Waals surface area contributed by atoms with Gasteiger partial charge in [0.25, 0.3) is 0 Å². The maximum absolute atomic E-state index is 13.5. The summed E-state index contributed by atoms with van der Waals surface area (Å²) in [5, 5.41) is 22.6. The van der Waals surface area contributed by atoms with Crippen molar-refractivity contribution in [2.45, 2.75) is 97.7 Å². The molecular formula is C31H41NaO9. The van der Waals surface area contributed by atoms with Gasteiger partial charge in [0, 0.05) is 22.7 Å². The van der Waals surface area contributed by atoms with Gasteiger partial charge in [0.2, 0.25) is 5.78 Å². The molecular weight excluding hydrogens is 539 g/mol. The SMILES string of the molecule is CC(C)(C)CC(=O)OC1C[C@@]2(C)[C@@H](CC[C@]2(O)C(=O)COC(=O)CCC(=O)[O-])[C@@H]2CCC3=CC(=O)C=C[C@]3(C)[C@@H]12.[Na+]. The van der Waals surface area contributed by atoms with E-state index in [0.717, 1.165) is 12.0 Å². The van der Waals surface area contributed by atoms with E-state index in [9.17, 15) is 34.2 Å². The number of esters is 2. The number of ether oxygens (including phenoxy) is 2. The molecule has 4 aliphatic rings. The molecule has 0 bridgehead atoms. The Bertz CT molecular complexity index is 1170. The van der Waals surface area contributed by atoms with E-state index in [1.807, 2.05) is 33.8 Å². The van der Waals surface area contributed by atoms with Crippen LogP contribution in [0.15, 0.2) is 23.8 Å². The number of ketones is 2. The largest absolute Gasteiger partial charge is 1.00 e. The van der Waals surface area contributed by atoms with E-state index in [-0.39, 0.29) is 83.7 Å². The van der Waals surface area contributed by atoms with E-state index in [1.54, 1.807) is 12.2 Å². The first-order valence-electron chi connectivity index (χ1n) is 14.2. The number of rotatable bonds is 8. The third kappa shape index (κ3) is 6.43. The minimum Gasteiger partial charge on any atom is -0.550 e. The van der Waals surface area contributed by atoms with E-state index < -0.39 is 59.7 Å². The number of aliphatic hydroxyl groups is 1. The maximum Gasteiger partial charge on any atom is 1.00 e. The predicted octanol–water partition coefficient (Wildman–Crippen LogP) is -0.370. The zero-order valence-corrected chi connectivity index (χ0v) is 27.1. The standard InChI is InChI=1S/C31H42O9.Na/c1-28(2,3)16-26(37)40-22-15-30(5)21(20-7-6-18-14-19(32)10-12-29(18,4)27(20)22)11-13-31(30,38)23(33)17-39-25(36)9-8-24(34)35;/h10,12,14,20-22,27,38H,6-9,11,13,15-17H2,1-5H3,(H,34,35);/q;+1/p-1/t20-,21-,22?,27+,29-,30-,31-;/m0./s1. The summed E-state index contributed by atoms with van der Waals surface area (Å²) in [5.41, 5.74) is -2.51. The van der Waals surface area contributed by atoms with Crippen LogP contribution in [0.4, 0.5) is 0 Å². The first-order valence-corrected chi connectivity index (χ1v) is 14.2. The fraction of sp³-hybridized carbons (Fsp3) is 0.710. The van der Waals surface area contributed by atoms with E-state index >= 15 is 0 Å². The Hall–Kier alpha value is -1.81. The summed E-state index contributed by atoms with van der Waals surface area (Å²) in [6, 6.07) is 0. The van der Waals surface area contributed by atoms with Crippen LogP contribution in [0.2, 0.25) is 0 Å². The van der Waals surface area contributed by atoms with Crippen LogP contribution in [0.1, 0.15) is 86.0 Å². The average Bonchev–Trinajstić information content (AvgIpc) is 3.11. The third-order valence-electron chi connectivity index (χ3n) is 9.94. The van der Waals surface area contributed by atoms with Gasteiger partial charge in [-0.1, -0.05) is 46.3 Å². The molecule has 0 saturated heterocycles. The number of Topliss-reactive ketones (excluding diaryl/α,β-unsaturated/α-hetero) is 1. The number of carboxylic acids is 1. The van der Waals surface area contributed by atoms with Gasteiger partial charge in [-0.15, -0.1) is 0 Å². The second-order valence-electron chi connectivity index (χ2n) is 13.8. The van der Waals surface area contributed by atoms with Crippen LogP contribution in [0.25, 0.3) is 0 Å².